The summed E-state index contributed by atoms with van der Waals surface area (Å²) >= 11 is 0. The molecule has 0 heterocycles. The Morgan fingerprint density at radius 1 is 1.62 bits per heavy atom. The van der Waals surface area contributed by atoms with Crippen molar-refractivity contribution in [2.45, 2.75) is 13.3 Å². The molecule has 0 aliphatic heterocycles. The minimum absolute atomic E-state index is 0.162. The number of benzene rings is 1. The van der Waals surface area contributed by atoms with E-state index in [1.165, 1.54) is 12.1 Å². The van der Waals surface area contributed by atoms with Crippen LogP contribution in [0.2, 0.25) is 0 Å². The van der Waals surface area contributed by atoms with Crippen molar-refractivity contribution in [1.82, 2.24) is 0 Å². The molecule has 0 saturated carbocycles. The van der Waals surface area contributed by atoms with E-state index >= 15 is 0 Å². The standard InChI is InChI=1S/C9H9FO3/c1-2-9(12)13-8-4-3-6(11)5-7(8)10/h3-5,11H,2H2,1H3. The van der Waals surface area contributed by atoms with Crippen molar-refractivity contribution in [3.05, 3.63) is 24.0 Å². The number of carbonyl (C=O) groups excluding carboxylic acids is 1. The molecule has 0 aromatic heterocycles. The SMILES string of the molecule is CCC(=O)Oc1ccc(O)cc1F. The fourth-order valence-electron chi connectivity index (χ4n) is 0.767. The van der Waals surface area contributed by atoms with Crippen LogP contribution in [0.25, 0.3) is 0 Å². The number of halogens is 1. The van der Waals surface area contributed by atoms with E-state index in [0.717, 1.165) is 6.07 Å². The third-order valence-corrected chi connectivity index (χ3v) is 1.43. The second-order valence-electron chi connectivity index (χ2n) is 2.44. The molecule has 0 fully saturated rings. The van der Waals surface area contributed by atoms with Crippen molar-refractivity contribution < 1.29 is 19.0 Å². The Bertz CT molecular complexity index is 323. The highest BCUT2D eigenvalue weighted by Gasteiger charge is 2.07. The monoisotopic (exact) mass is 184 g/mol. The molecule has 0 amide bonds. The number of rotatable bonds is 2. The molecule has 4 heteroatoms. The molecule has 0 atom stereocenters. The first-order valence-corrected chi connectivity index (χ1v) is 3.82. The maximum absolute atomic E-state index is 12.9. The molecule has 1 rings (SSSR count). The van der Waals surface area contributed by atoms with Crippen LogP contribution in [0.3, 0.4) is 0 Å². The zero-order chi connectivity index (χ0) is 9.84. The van der Waals surface area contributed by atoms with Gasteiger partial charge in [-0.1, -0.05) is 6.92 Å². The number of phenols is 1. The molecule has 13 heavy (non-hydrogen) atoms. The van der Waals surface area contributed by atoms with Gasteiger partial charge in [0.2, 0.25) is 0 Å². The van der Waals surface area contributed by atoms with Crippen LogP contribution in [0.4, 0.5) is 4.39 Å². The largest absolute Gasteiger partial charge is 0.508 e. The number of ether oxygens (including phenoxy) is 1. The normalized spacial score (nSPS) is 9.69. The van der Waals surface area contributed by atoms with Gasteiger partial charge in [0.05, 0.1) is 0 Å². The van der Waals surface area contributed by atoms with Gasteiger partial charge in [-0.3, -0.25) is 4.79 Å². The molecule has 0 aliphatic rings. The second kappa shape index (κ2) is 3.89. The molecular weight excluding hydrogens is 175 g/mol. The number of phenolic OH excluding ortho intramolecular Hbond substituents is 1. The minimum Gasteiger partial charge on any atom is -0.508 e. The van der Waals surface area contributed by atoms with Gasteiger partial charge in [0.1, 0.15) is 5.75 Å². The predicted octanol–water partition coefficient (Wildman–Crippen LogP) is 1.85. The summed E-state index contributed by atoms with van der Waals surface area (Å²) in [6, 6.07) is 3.35. The lowest BCUT2D eigenvalue weighted by Gasteiger charge is -2.03. The summed E-state index contributed by atoms with van der Waals surface area (Å²) < 4.78 is 17.5. The van der Waals surface area contributed by atoms with Crippen molar-refractivity contribution in [2.75, 3.05) is 0 Å². The summed E-state index contributed by atoms with van der Waals surface area (Å²) in [5, 5.41) is 8.85. The summed E-state index contributed by atoms with van der Waals surface area (Å²) in [6.45, 7) is 1.61. The fraction of sp³-hybridized carbons (Fsp3) is 0.222. The van der Waals surface area contributed by atoms with Gasteiger partial charge in [-0.25, -0.2) is 4.39 Å². The Morgan fingerprint density at radius 3 is 2.85 bits per heavy atom. The average Bonchev–Trinajstić information content (AvgIpc) is 2.09. The zero-order valence-corrected chi connectivity index (χ0v) is 7.08. The van der Waals surface area contributed by atoms with Crippen LogP contribution < -0.4 is 4.74 Å². The van der Waals surface area contributed by atoms with Gasteiger partial charge in [0, 0.05) is 12.5 Å². The van der Waals surface area contributed by atoms with E-state index in [9.17, 15) is 9.18 Å². The van der Waals surface area contributed by atoms with Crippen LogP contribution in [-0.4, -0.2) is 11.1 Å². The molecule has 3 nitrogen and oxygen atoms in total. The smallest absolute Gasteiger partial charge is 0.310 e. The van der Waals surface area contributed by atoms with E-state index in [0.29, 0.717) is 0 Å². The fourth-order valence-corrected chi connectivity index (χ4v) is 0.767. The van der Waals surface area contributed by atoms with Crippen molar-refractivity contribution in [1.29, 1.82) is 0 Å². The first-order valence-electron chi connectivity index (χ1n) is 3.82. The molecule has 0 unspecified atom stereocenters. The molecule has 0 saturated heterocycles. The molecular formula is C9H9FO3. The summed E-state index contributed by atoms with van der Waals surface area (Å²) in [7, 11) is 0. The first-order chi connectivity index (χ1) is 6.13. The summed E-state index contributed by atoms with van der Waals surface area (Å²) in [6.07, 6.45) is 0.181. The average molecular weight is 184 g/mol. The van der Waals surface area contributed by atoms with Gasteiger partial charge in [0.25, 0.3) is 0 Å². The van der Waals surface area contributed by atoms with Crippen LogP contribution in [0.15, 0.2) is 18.2 Å². The van der Waals surface area contributed by atoms with Crippen LogP contribution in [0.1, 0.15) is 13.3 Å². The van der Waals surface area contributed by atoms with Gasteiger partial charge >= 0.3 is 5.97 Å². The van der Waals surface area contributed by atoms with Gasteiger partial charge < -0.3 is 9.84 Å². The van der Waals surface area contributed by atoms with E-state index in [1.54, 1.807) is 6.92 Å². The minimum atomic E-state index is -0.748. The highest BCUT2D eigenvalue weighted by atomic mass is 19.1. The third kappa shape index (κ3) is 2.43. The van der Waals surface area contributed by atoms with Crippen molar-refractivity contribution in [2.24, 2.45) is 0 Å². The summed E-state index contributed by atoms with van der Waals surface area (Å²) in [4.78, 5) is 10.8. The number of hydrogen-bond acceptors (Lipinski definition) is 3. The number of esters is 1. The maximum Gasteiger partial charge on any atom is 0.310 e. The van der Waals surface area contributed by atoms with Crippen molar-refractivity contribution >= 4 is 5.97 Å². The molecule has 1 aromatic carbocycles. The lowest BCUT2D eigenvalue weighted by molar-refractivity contribution is -0.134. The maximum atomic E-state index is 12.9. The summed E-state index contributed by atoms with van der Waals surface area (Å²) in [5.41, 5.74) is 0. The molecule has 1 aromatic rings. The van der Waals surface area contributed by atoms with Gasteiger partial charge in [-0.15, -0.1) is 0 Å². The highest BCUT2D eigenvalue weighted by molar-refractivity contribution is 5.72. The van der Waals surface area contributed by atoms with E-state index < -0.39 is 11.8 Å². The molecule has 1 N–H and O–H groups in total. The Hall–Kier alpha value is -1.58. The topological polar surface area (TPSA) is 46.5 Å². The number of hydrogen-bond donors (Lipinski definition) is 1. The van der Waals surface area contributed by atoms with Crippen LogP contribution >= 0.6 is 0 Å². The van der Waals surface area contributed by atoms with E-state index in [1.807, 2.05) is 0 Å². The Labute approximate surface area is 74.8 Å². The lowest BCUT2D eigenvalue weighted by atomic mass is 10.3. The second-order valence-corrected chi connectivity index (χ2v) is 2.44. The third-order valence-electron chi connectivity index (χ3n) is 1.43. The van der Waals surface area contributed by atoms with Gasteiger partial charge in [-0.05, 0) is 12.1 Å². The zero-order valence-electron chi connectivity index (χ0n) is 7.08. The Kier molecular flexibility index (Phi) is 2.84. The highest BCUT2D eigenvalue weighted by Crippen LogP contribution is 2.21. The number of aromatic hydroxyl groups is 1. The van der Waals surface area contributed by atoms with E-state index in [-0.39, 0.29) is 17.9 Å². The van der Waals surface area contributed by atoms with E-state index in [2.05, 4.69) is 4.74 Å². The van der Waals surface area contributed by atoms with Crippen LogP contribution in [0, 0.1) is 5.82 Å². The van der Waals surface area contributed by atoms with Crippen molar-refractivity contribution in [3.63, 3.8) is 0 Å². The van der Waals surface area contributed by atoms with E-state index in [4.69, 9.17) is 5.11 Å². The van der Waals surface area contributed by atoms with Gasteiger partial charge in [-0.2, -0.15) is 0 Å². The lowest BCUT2D eigenvalue weighted by Crippen LogP contribution is -2.06. The first kappa shape index (κ1) is 9.51. The van der Waals surface area contributed by atoms with Crippen molar-refractivity contribution in [3.8, 4) is 11.5 Å². The predicted molar refractivity (Wildman–Crippen MR) is 44.0 cm³/mol. The quantitative estimate of drug-likeness (QED) is 0.563. The van der Waals surface area contributed by atoms with Gasteiger partial charge in [0.15, 0.2) is 11.6 Å². The van der Waals surface area contributed by atoms with Crippen LogP contribution in [0.5, 0.6) is 11.5 Å². The molecule has 70 valence electrons. The Morgan fingerprint density at radius 2 is 2.31 bits per heavy atom. The Balaban J connectivity index is 2.83. The number of carbonyl (C=O) groups is 1. The molecule has 0 radical (unpaired) electrons. The molecule has 0 aliphatic carbocycles. The molecule has 0 spiro atoms. The van der Waals surface area contributed by atoms with Crippen LogP contribution in [-0.2, 0) is 4.79 Å². The summed E-state index contributed by atoms with van der Waals surface area (Å²) in [5.74, 6) is -1.62. The molecule has 0 bridgehead atoms.